The van der Waals surface area contributed by atoms with Gasteiger partial charge in [-0.1, -0.05) is 19.1 Å². The van der Waals surface area contributed by atoms with Crippen LogP contribution in [0.5, 0.6) is 0 Å². The third-order valence-electron chi connectivity index (χ3n) is 2.54. The van der Waals surface area contributed by atoms with E-state index in [0.29, 0.717) is 0 Å². The summed E-state index contributed by atoms with van der Waals surface area (Å²) in [6.07, 6.45) is 2.72. The Morgan fingerprint density at radius 3 is 2.94 bits per heavy atom. The first-order valence-corrected chi connectivity index (χ1v) is 5.92. The van der Waals surface area contributed by atoms with E-state index in [2.05, 4.69) is 34.3 Å². The zero-order valence-electron chi connectivity index (χ0n) is 9.87. The monoisotopic (exact) mass is 247 g/mol. The van der Waals surface area contributed by atoms with Crippen molar-refractivity contribution in [2.75, 3.05) is 5.32 Å². The summed E-state index contributed by atoms with van der Waals surface area (Å²) in [5.41, 5.74) is 3.27. The molecule has 0 unspecified atom stereocenters. The van der Waals surface area contributed by atoms with Gasteiger partial charge in [-0.05, 0) is 42.6 Å². The molecule has 0 aliphatic rings. The van der Waals surface area contributed by atoms with Crippen LogP contribution in [0.1, 0.15) is 18.1 Å². The van der Waals surface area contributed by atoms with Gasteiger partial charge in [0.15, 0.2) is 0 Å². The molecule has 2 rings (SSSR count). The SMILES string of the molecule is CCc1cccc(Nc2nc(Cl)ncc2C)c1. The van der Waals surface area contributed by atoms with Gasteiger partial charge in [-0.2, -0.15) is 0 Å². The molecule has 0 aliphatic carbocycles. The van der Waals surface area contributed by atoms with E-state index in [1.54, 1.807) is 6.20 Å². The van der Waals surface area contributed by atoms with Gasteiger partial charge in [0.1, 0.15) is 5.82 Å². The number of halogens is 1. The predicted octanol–water partition coefficient (Wildman–Crippen LogP) is 3.74. The van der Waals surface area contributed by atoms with Gasteiger partial charge in [-0.15, -0.1) is 0 Å². The first-order chi connectivity index (χ1) is 8.19. The maximum Gasteiger partial charge on any atom is 0.224 e. The fraction of sp³-hybridized carbons (Fsp3) is 0.231. The van der Waals surface area contributed by atoms with Gasteiger partial charge in [0, 0.05) is 17.4 Å². The molecule has 3 nitrogen and oxygen atoms in total. The lowest BCUT2D eigenvalue weighted by molar-refractivity contribution is 1.12. The van der Waals surface area contributed by atoms with Crippen molar-refractivity contribution in [2.45, 2.75) is 20.3 Å². The number of hydrogen-bond acceptors (Lipinski definition) is 3. The maximum atomic E-state index is 5.78. The molecule has 17 heavy (non-hydrogen) atoms. The molecule has 4 heteroatoms. The summed E-state index contributed by atoms with van der Waals surface area (Å²) in [5, 5.41) is 3.51. The second kappa shape index (κ2) is 5.15. The van der Waals surface area contributed by atoms with Crippen LogP contribution in [0.4, 0.5) is 11.5 Å². The average Bonchev–Trinajstić information content (AvgIpc) is 2.34. The normalized spacial score (nSPS) is 10.3. The molecule has 0 amide bonds. The second-order valence-electron chi connectivity index (χ2n) is 3.85. The summed E-state index contributed by atoms with van der Waals surface area (Å²) in [7, 11) is 0. The van der Waals surface area contributed by atoms with Crippen molar-refractivity contribution in [2.24, 2.45) is 0 Å². The molecule has 0 bridgehead atoms. The zero-order valence-corrected chi connectivity index (χ0v) is 10.6. The summed E-state index contributed by atoms with van der Waals surface area (Å²) in [6, 6.07) is 8.24. The largest absolute Gasteiger partial charge is 0.340 e. The standard InChI is InChI=1S/C13H14ClN3/c1-3-10-5-4-6-11(7-10)16-12-9(2)8-15-13(14)17-12/h4-8H,3H2,1-2H3,(H,15,16,17). The topological polar surface area (TPSA) is 37.8 Å². The average molecular weight is 248 g/mol. The van der Waals surface area contributed by atoms with Crippen molar-refractivity contribution in [3.63, 3.8) is 0 Å². The van der Waals surface area contributed by atoms with E-state index in [-0.39, 0.29) is 5.28 Å². The third-order valence-corrected chi connectivity index (χ3v) is 2.72. The van der Waals surface area contributed by atoms with Gasteiger partial charge in [-0.3, -0.25) is 0 Å². The van der Waals surface area contributed by atoms with Crippen molar-refractivity contribution in [1.29, 1.82) is 0 Å². The number of benzene rings is 1. The van der Waals surface area contributed by atoms with E-state index >= 15 is 0 Å². The smallest absolute Gasteiger partial charge is 0.224 e. The number of rotatable bonds is 3. The quantitative estimate of drug-likeness (QED) is 0.840. The van der Waals surface area contributed by atoms with E-state index < -0.39 is 0 Å². The molecule has 0 aliphatic heterocycles. The Balaban J connectivity index is 2.27. The van der Waals surface area contributed by atoms with Crippen molar-refractivity contribution in [1.82, 2.24) is 9.97 Å². The Kier molecular flexibility index (Phi) is 3.59. The summed E-state index contributed by atoms with van der Waals surface area (Å²) in [5.74, 6) is 0.748. The van der Waals surface area contributed by atoms with E-state index in [9.17, 15) is 0 Å². The Bertz CT molecular complexity index is 526. The molecule has 0 atom stereocenters. The number of aryl methyl sites for hydroxylation is 2. The molecular formula is C13H14ClN3. The van der Waals surface area contributed by atoms with Gasteiger partial charge in [0.05, 0.1) is 0 Å². The van der Waals surface area contributed by atoms with Crippen LogP contribution in [0.2, 0.25) is 5.28 Å². The minimum atomic E-state index is 0.254. The van der Waals surface area contributed by atoms with Crippen LogP contribution in [0.15, 0.2) is 30.5 Å². The van der Waals surface area contributed by atoms with Gasteiger partial charge in [0.2, 0.25) is 5.28 Å². The zero-order chi connectivity index (χ0) is 12.3. The highest BCUT2D eigenvalue weighted by Crippen LogP contribution is 2.20. The lowest BCUT2D eigenvalue weighted by Crippen LogP contribution is -1.98. The van der Waals surface area contributed by atoms with Crippen molar-refractivity contribution >= 4 is 23.1 Å². The molecule has 88 valence electrons. The molecule has 1 aromatic heterocycles. The molecule has 0 radical (unpaired) electrons. The van der Waals surface area contributed by atoms with Crippen molar-refractivity contribution in [3.05, 3.63) is 46.9 Å². The summed E-state index contributed by atoms with van der Waals surface area (Å²) < 4.78 is 0. The highest BCUT2D eigenvalue weighted by atomic mass is 35.5. The molecule has 0 saturated heterocycles. The summed E-state index contributed by atoms with van der Waals surface area (Å²) >= 11 is 5.78. The van der Waals surface area contributed by atoms with Gasteiger partial charge >= 0.3 is 0 Å². The van der Waals surface area contributed by atoms with E-state index in [1.165, 1.54) is 5.56 Å². The van der Waals surface area contributed by atoms with Crippen molar-refractivity contribution < 1.29 is 0 Å². The molecule has 1 N–H and O–H groups in total. The van der Waals surface area contributed by atoms with E-state index in [0.717, 1.165) is 23.5 Å². The summed E-state index contributed by atoms with van der Waals surface area (Å²) in [6.45, 7) is 4.08. The molecule has 2 aromatic rings. The molecular weight excluding hydrogens is 234 g/mol. The molecule has 0 fully saturated rings. The second-order valence-corrected chi connectivity index (χ2v) is 4.19. The van der Waals surface area contributed by atoms with Crippen LogP contribution in [-0.4, -0.2) is 9.97 Å². The van der Waals surface area contributed by atoms with Crippen LogP contribution in [0, 0.1) is 6.92 Å². The molecule has 1 aromatic carbocycles. The third kappa shape index (κ3) is 2.94. The van der Waals surface area contributed by atoms with Gasteiger partial charge in [0.25, 0.3) is 0 Å². The van der Waals surface area contributed by atoms with Crippen LogP contribution >= 0.6 is 11.6 Å². The lowest BCUT2D eigenvalue weighted by atomic mass is 10.1. The minimum absolute atomic E-state index is 0.254. The number of anilines is 2. The highest BCUT2D eigenvalue weighted by Gasteiger charge is 2.03. The number of nitrogens with zero attached hydrogens (tertiary/aromatic N) is 2. The highest BCUT2D eigenvalue weighted by molar-refractivity contribution is 6.28. The van der Waals surface area contributed by atoms with Crippen molar-refractivity contribution in [3.8, 4) is 0 Å². The summed E-state index contributed by atoms with van der Waals surface area (Å²) in [4.78, 5) is 8.10. The molecule has 0 spiro atoms. The first kappa shape index (κ1) is 11.9. The Labute approximate surface area is 106 Å². The van der Waals surface area contributed by atoms with Gasteiger partial charge in [-0.25, -0.2) is 9.97 Å². The van der Waals surface area contributed by atoms with E-state index in [4.69, 9.17) is 11.6 Å². The lowest BCUT2D eigenvalue weighted by Gasteiger charge is -2.09. The predicted molar refractivity (Wildman–Crippen MR) is 70.9 cm³/mol. The fourth-order valence-electron chi connectivity index (χ4n) is 1.55. The van der Waals surface area contributed by atoms with Crippen LogP contribution in [0.25, 0.3) is 0 Å². The van der Waals surface area contributed by atoms with Crippen LogP contribution in [0.3, 0.4) is 0 Å². The fourth-order valence-corrected chi connectivity index (χ4v) is 1.69. The molecule has 1 heterocycles. The van der Waals surface area contributed by atoms with Crippen LogP contribution in [-0.2, 0) is 6.42 Å². The Hall–Kier alpha value is -1.61. The molecule has 0 saturated carbocycles. The minimum Gasteiger partial charge on any atom is -0.340 e. The Morgan fingerprint density at radius 1 is 1.35 bits per heavy atom. The Morgan fingerprint density at radius 2 is 2.18 bits per heavy atom. The van der Waals surface area contributed by atoms with Gasteiger partial charge < -0.3 is 5.32 Å². The maximum absolute atomic E-state index is 5.78. The van der Waals surface area contributed by atoms with Crippen LogP contribution < -0.4 is 5.32 Å². The number of nitrogens with one attached hydrogen (secondary N) is 1. The van der Waals surface area contributed by atoms with E-state index in [1.807, 2.05) is 19.1 Å². The number of aromatic nitrogens is 2. The number of hydrogen-bond donors (Lipinski definition) is 1. The first-order valence-electron chi connectivity index (χ1n) is 5.54.